The summed E-state index contributed by atoms with van der Waals surface area (Å²) < 4.78 is 1.79. The van der Waals surface area contributed by atoms with Crippen molar-refractivity contribution in [3.8, 4) is 5.95 Å². The largest absolute Gasteiger partial charge is 0.357 e. The van der Waals surface area contributed by atoms with Crippen molar-refractivity contribution in [3.63, 3.8) is 0 Å². The van der Waals surface area contributed by atoms with Gasteiger partial charge in [0.25, 0.3) is 0 Å². The molecule has 0 aliphatic carbocycles. The average molecular weight is 273 g/mol. The zero-order valence-electron chi connectivity index (χ0n) is 12.0. The van der Waals surface area contributed by atoms with E-state index in [0.29, 0.717) is 11.9 Å². The van der Waals surface area contributed by atoms with Crippen molar-refractivity contribution in [1.29, 1.82) is 0 Å². The number of rotatable bonds is 3. The summed E-state index contributed by atoms with van der Waals surface area (Å²) in [7, 11) is 1.81. The van der Waals surface area contributed by atoms with E-state index >= 15 is 0 Å². The molecule has 1 fully saturated rings. The molecule has 0 saturated carbocycles. The van der Waals surface area contributed by atoms with E-state index in [1.807, 2.05) is 13.2 Å². The quantitative estimate of drug-likeness (QED) is 0.913. The fourth-order valence-electron chi connectivity index (χ4n) is 2.56. The molecule has 0 radical (unpaired) electrons. The minimum atomic E-state index is 0.0819. The Balaban J connectivity index is 2.05. The van der Waals surface area contributed by atoms with Crippen molar-refractivity contribution in [2.45, 2.75) is 32.2 Å². The molecule has 0 unspecified atom stereocenters. The Bertz CT molecular complexity index is 591. The predicted octanol–water partition coefficient (Wildman–Crippen LogP) is 1.48. The van der Waals surface area contributed by atoms with Crippen LogP contribution in [0.25, 0.3) is 5.95 Å². The highest BCUT2D eigenvalue weighted by Crippen LogP contribution is 2.31. The Hall–Kier alpha value is -2.18. The number of anilines is 2. The highest BCUT2D eigenvalue weighted by Gasteiger charge is 2.34. The lowest BCUT2D eigenvalue weighted by molar-refractivity contribution is 0.509. The molecule has 20 heavy (non-hydrogen) atoms. The van der Waals surface area contributed by atoms with Gasteiger partial charge in [0, 0.05) is 31.5 Å². The zero-order chi connectivity index (χ0) is 14.2. The molecule has 1 saturated heterocycles. The second-order valence-corrected chi connectivity index (χ2v) is 5.55. The minimum Gasteiger partial charge on any atom is -0.357 e. The first kappa shape index (κ1) is 12.8. The van der Waals surface area contributed by atoms with Crippen LogP contribution in [0.4, 0.5) is 11.9 Å². The molecule has 2 aromatic rings. The van der Waals surface area contributed by atoms with Crippen LogP contribution in [-0.4, -0.2) is 43.6 Å². The lowest BCUT2D eigenvalue weighted by atomic mass is 10.0. The summed E-state index contributed by atoms with van der Waals surface area (Å²) >= 11 is 0. The number of aromatic nitrogens is 5. The summed E-state index contributed by atoms with van der Waals surface area (Å²) in [6, 6.07) is 0. The lowest BCUT2D eigenvalue weighted by Crippen LogP contribution is -2.39. The number of hydrogen-bond donors (Lipinski definition) is 1. The van der Waals surface area contributed by atoms with E-state index in [2.05, 4.69) is 44.0 Å². The normalized spacial score (nSPS) is 17.4. The second kappa shape index (κ2) is 4.73. The van der Waals surface area contributed by atoms with Crippen LogP contribution in [-0.2, 0) is 0 Å². The lowest BCUT2D eigenvalue weighted by Gasteiger charge is -2.31. The first-order valence-electron chi connectivity index (χ1n) is 6.80. The molecular weight excluding hydrogens is 254 g/mol. The summed E-state index contributed by atoms with van der Waals surface area (Å²) in [5.41, 5.74) is 0.0819. The van der Waals surface area contributed by atoms with Crippen molar-refractivity contribution < 1.29 is 0 Å². The third kappa shape index (κ3) is 2.19. The van der Waals surface area contributed by atoms with E-state index in [-0.39, 0.29) is 5.54 Å². The highest BCUT2D eigenvalue weighted by atomic mass is 15.4. The molecular formula is C13H19N7. The van der Waals surface area contributed by atoms with Gasteiger partial charge in [-0.2, -0.15) is 15.0 Å². The first-order chi connectivity index (χ1) is 9.60. The van der Waals surface area contributed by atoms with E-state index in [9.17, 15) is 0 Å². The van der Waals surface area contributed by atoms with E-state index < -0.39 is 0 Å². The molecule has 0 atom stereocenters. The van der Waals surface area contributed by atoms with Gasteiger partial charge in [-0.15, -0.1) is 0 Å². The van der Waals surface area contributed by atoms with Gasteiger partial charge in [0.05, 0.1) is 0 Å². The number of nitrogens with zero attached hydrogens (tertiary/aromatic N) is 6. The molecule has 1 N–H and O–H groups in total. The molecule has 0 amide bonds. The molecule has 0 aromatic carbocycles. The predicted molar refractivity (Wildman–Crippen MR) is 77.2 cm³/mol. The number of hydrogen-bond acceptors (Lipinski definition) is 6. The van der Waals surface area contributed by atoms with Crippen LogP contribution in [0.3, 0.4) is 0 Å². The fraction of sp³-hybridized carbons (Fsp3) is 0.538. The Morgan fingerprint density at radius 2 is 2.00 bits per heavy atom. The van der Waals surface area contributed by atoms with E-state index in [1.165, 1.54) is 0 Å². The fourth-order valence-corrected chi connectivity index (χ4v) is 2.56. The van der Waals surface area contributed by atoms with Crippen molar-refractivity contribution >= 4 is 11.9 Å². The molecule has 1 aliphatic rings. The standard InChI is InChI=1S/C13H19N7/c1-13(2)5-4-7-20(13)12-17-10(14-3)16-11(18-12)19-8-6-15-9-19/h6,8-9H,4-5,7H2,1-3H3,(H,14,16,17,18). The molecule has 7 heteroatoms. The van der Waals surface area contributed by atoms with Crippen molar-refractivity contribution in [3.05, 3.63) is 18.7 Å². The monoisotopic (exact) mass is 273 g/mol. The van der Waals surface area contributed by atoms with Crippen LogP contribution in [0.15, 0.2) is 18.7 Å². The molecule has 2 aromatic heterocycles. The first-order valence-corrected chi connectivity index (χ1v) is 6.80. The van der Waals surface area contributed by atoms with Crippen LogP contribution in [0.2, 0.25) is 0 Å². The van der Waals surface area contributed by atoms with Crippen molar-refractivity contribution in [1.82, 2.24) is 24.5 Å². The Morgan fingerprint density at radius 1 is 1.20 bits per heavy atom. The Kier molecular flexibility index (Phi) is 3.04. The van der Waals surface area contributed by atoms with E-state index in [0.717, 1.165) is 25.3 Å². The topological polar surface area (TPSA) is 71.8 Å². The van der Waals surface area contributed by atoms with E-state index in [4.69, 9.17) is 0 Å². The van der Waals surface area contributed by atoms with Gasteiger partial charge in [0.15, 0.2) is 0 Å². The van der Waals surface area contributed by atoms with Crippen molar-refractivity contribution in [2.75, 3.05) is 23.8 Å². The number of imidazole rings is 1. The minimum absolute atomic E-state index is 0.0819. The van der Waals surface area contributed by atoms with E-state index in [1.54, 1.807) is 17.1 Å². The third-order valence-corrected chi connectivity index (χ3v) is 3.71. The Morgan fingerprint density at radius 3 is 2.60 bits per heavy atom. The van der Waals surface area contributed by atoms with Gasteiger partial charge in [-0.1, -0.05) is 0 Å². The second-order valence-electron chi connectivity index (χ2n) is 5.55. The van der Waals surface area contributed by atoms with Gasteiger partial charge < -0.3 is 10.2 Å². The molecule has 106 valence electrons. The van der Waals surface area contributed by atoms with Gasteiger partial charge in [-0.05, 0) is 26.7 Å². The highest BCUT2D eigenvalue weighted by molar-refractivity contribution is 5.43. The zero-order valence-corrected chi connectivity index (χ0v) is 12.0. The summed E-state index contributed by atoms with van der Waals surface area (Å²) in [5, 5.41) is 3.00. The van der Waals surface area contributed by atoms with Crippen LogP contribution in [0.5, 0.6) is 0 Å². The summed E-state index contributed by atoms with van der Waals surface area (Å²) in [4.78, 5) is 19.7. The maximum absolute atomic E-state index is 4.59. The molecule has 0 spiro atoms. The van der Waals surface area contributed by atoms with Gasteiger partial charge >= 0.3 is 0 Å². The molecule has 1 aliphatic heterocycles. The SMILES string of the molecule is CNc1nc(N2CCCC2(C)C)nc(-n2ccnc2)n1. The summed E-state index contributed by atoms with van der Waals surface area (Å²) in [6.45, 7) is 5.42. The summed E-state index contributed by atoms with van der Waals surface area (Å²) in [5.74, 6) is 1.87. The van der Waals surface area contributed by atoms with Crippen LogP contribution < -0.4 is 10.2 Å². The maximum Gasteiger partial charge on any atom is 0.241 e. The molecule has 7 nitrogen and oxygen atoms in total. The van der Waals surface area contributed by atoms with Gasteiger partial charge in [-0.25, -0.2) is 4.98 Å². The number of nitrogens with one attached hydrogen (secondary N) is 1. The van der Waals surface area contributed by atoms with Crippen LogP contribution >= 0.6 is 0 Å². The van der Waals surface area contributed by atoms with Gasteiger partial charge in [-0.3, -0.25) is 4.57 Å². The Labute approximate surface area is 118 Å². The third-order valence-electron chi connectivity index (χ3n) is 3.71. The molecule has 3 rings (SSSR count). The molecule has 3 heterocycles. The van der Waals surface area contributed by atoms with Gasteiger partial charge in [0.1, 0.15) is 6.33 Å². The van der Waals surface area contributed by atoms with Gasteiger partial charge in [0.2, 0.25) is 17.8 Å². The molecule has 0 bridgehead atoms. The average Bonchev–Trinajstić information content (AvgIpc) is 3.07. The summed E-state index contributed by atoms with van der Waals surface area (Å²) in [6.07, 6.45) is 7.53. The van der Waals surface area contributed by atoms with Crippen molar-refractivity contribution in [2.24, 2.45) is 0 Å². The van der Waals surface area contributed by atoms with Crippen LogP contribution in [0.1, 0.15) is 26.7 Å². The maximum atomic E-state index is 4.59. The van der Waals surface area contributed by atoms with Crippen LogP contribution in [0, 0.1) is 0 Å². The smallest absolute Gasteiger partial charge is 0.241 e.